The number of amides is 1. The molecule has 1 aliphatic rings. The number of nitrogens with zero attached hydrogens (tertiary/aromatic N) is 4. The highest BCUT2D eigenvalue weighted by Gasteiger charge is 2.30. The van der Waals surface area contributed by atoms with E-state index in [1.54, 1.807) is 31.3 Å². The van der Waals surface area contributed by atoms with Crippen molar-refractivity contribution in [3.63, 3.8) is 0 Å². The molecule has 10 heteroatoms. The van der Waals surface area contributed by atoms with Gasteiger partial charge in [-0.2, -0.15) is 4.98 Å². The van der Waals surface area contributed by atoms with Gasteiger partial charge in [-0.25, -0.2) is 4.98 Å². The third-order valence-corrected chi connectivity index (χ3v) is 6.28. The van der Waals surface area contributed by atoms with Crippen LogP contribution in [0.5, 0.6) is 17.2 Å². The third-order valence-electron chi connectivity index (χ3n) is 6.28. The zero-order valence-electron chi connectivity index (χ0n) is 21.4. The highest BCUT2D eigenvalue weighted by Crippen LogP contribution is 2.34. The normalized spacial score (nSPS) is 14.7. The van der Waals surface area contributed by atoms with E-state index in [1.165, 1.54) is 7.11 Å². The number of piperazine rings is 1. The molecular formula is C26H33N5O5. The maximum atomic E-state index is 13.2. The third kappa shape index (κ3) is 5.08. The maximum Gasteiger partial charge on any atom is 0.292 e. The van der Waals surface area contributed by atoms with Crippen molar-refractivity contribution in [2.75, 3.05) is 58.1 Å². The van der Waals surface area contributed by atoms with Crippen LogP contribution in [0.2, 0.25) is 0 Å². The van der Waals surface area contributed by atoms with Gasteiger partial charge in [-0.3, -0.25) is 4.79 Å². The smallest absolute Gasteiger partial charge is 0.292 e. The molecule has 1 saturated heterocycles. The first kappa shape index (κ1) is 25.3. The summed E-state index contributed by atoms with van der Waals surface area (Å²) in [5.41, 5.74) is 7.93. The van der Waals surface area contributed by atoms with Crippen LogP contribution in [0, 0.1) is 0 Å². The Balaban J connectivity index is 1.46. The first-order valence-corrected chi connectivity index (χ1v) is 11.9. The van der Waals surface area contributed by atoms with Crippen LogP contribution in [0.1, 0.15) is 25.3 Å². The first-order valence-electron chi connectivity index (χ1n) is 11.9. The monoisotopic (exact) mass is 495 g/mol. The van der Waals surface area contributed by atoms with E-state index in [0.717, 1.165) is 5.56 Å². The molecule has 1 unspecified atom stereocenters. The van der Waals surface area contributed by atoms with Crippen molar-refractivity contribution in [1.29, 1.82) is 0 Å². The Bertz CT molecular complexity index is 1230. The number of ether oxygens (including phenoxy) is 4. The lowest BCUT2D eigenvalue weighted by Crippen LogP contribution is -2.53. The number of aromatic nitrogens is 2. The van der Waals surface area contributed by atoms with Gasteiger partial charge in [0, 0.05) is 44.7 Å². The zero-order chi connectivity index (χ0) is 25.8. The Morgan fingerprint density at radius 3 is 2.25 bits per heavy atom. The van der Waals surface area contributed by atoms with E-state index in [2.05, 4.69) is 18.8 Å². The van der Waals surface area contributed by atoms with Crippen molar-refractivity contribution in [2.45, 2.75) is 26.1 Å². The Labute approximate surface area is 210 Å². The van der Waals surface area contributed by atoms with Crippen molar-refractivity contribution >= 4 is 28.6 Å². The molecule has 1 aliphatic heterocycles. The molecule has 4 rings (SSSR count). The molecule has 1 fully saturated rings. The summed E-state index contributed by atoms with van der Waals surface area (Å²) in [6.07, 6.45) is -1.02. The number of nitrogens with two attached hydrogens (primary N) is 1. The summed E-state index contributed by atoms with van der Waals surface area (Å²) in [5.74, 6) is 2.67. The Kier molecular flexibility index (Phi) is 7.64. The number of fused-ring (bicyclic) bond motifs is 1. The topological polar surface area (TPSA) is 112 Å². The Hall–Kier alpha value is -3.79. The Morgan fingerprint density at radius 2 is 1.61 bits per heavy atom. The quantitative estimate of drug-likeness (QED) is 0.471. The number of carbonyl (C=O) groups excluding carboxylic acids is 1. The molecule has 0 radical (unpaired) electrons. The average Bonchev–Trinajstić information content (AvgIpc) is 2.90. The highest BCUT2D eigenvalue weighted by molar-refractivity contribution is 5.91. The van der Waals surface area contributed by atoms with Gasteiger partial charge in [0.25, 0.3) is 12.2 Å². The predicted octanol–water partition coefficient (Wildman–Crippen LogP) is 3.05. The van der Waals surface area contributed by atoms with Crippen LogP contribution in [0.4, 0.5) is 11.8 Å². The number of hydrogen-bond donors (Lipinski definition) is 1. The van der Waals surface area contributed by atoms with Gasteiger partial charge in [-0.15, -0.1) is 0 Å². The van der Waals surface area contributed by atoms with E-state index >= 15 is 0 Å². The predicted molar refractivity (Wildman–Crippen MR) is 138 cm³/mol. The number of para-hydroxylation sites is 1. The van der Waals surface area contributed by atoms with Crippen LogP contribution >= 0.6 is 0 Å². The lowest BCUT2D eigenvalue weighted by Gasteiger charge is -2.36. The van der Waals surface area contributed by atoms with Crippen molar-refractivity contribution < 1.29 is 23.7 Å². The SMILES string of the molecule is COc1cc2nc(N3CCN(C(=O)C(OC)Oc4ccccc4C(C)C)CC3)nc(N)c2cc1OC. The van der Waals surface area contributed by atoms with Crippen LogP contribution in [-0.4, -0.2) is 74.6 Å². The molecule has 1 atom stereocenters. The molecule has 10 nitrogen and oxygen atoms in total. The minimum Gasteiger partial charge on any atom is -0.493 e. The second-order valence-electron chi connectivity index (χ2n) is 8.82. The molecule has 0 saturated carbocycles. The summed E-state index contributed by atoms with van der Waals surface area (Å²) < 4.78 is 22.2. The molecular weight excluding hydrogens is 462 g/mol. The summed E-state index contributed by atoms with van der Waals surface area (Å²) >= 11 is 0. The minimum atomic E-state index is -1.02. The van der Waals surface area contributed by atoms with Gasteiger partial charge in [0.1, 0.15) is 11.6 Å². The summed E-state index contributed by atoms with van der Waals surface area (Å²) in [5, 5.41) is 0.687. The second-order valence-corrected chi connectivity index (χ2v) is 8.82. The van der Waals surface area contributed by atoms with Gasteiger partial charge < -0.3 is 34.5 Å². The van der Waals surface area contributed by atoms with Crippen molar-refractivity contribution in [3.05, 3.63) is 42.0 Å². The van der Waals surface area contributed by atoms with Gasteiger partial charge >= 0.3 is 0 Å². The Morgan fingerprint density at radius 1 is 0.944 bits per heavy atom. The van der Waals surface area contributed by atoms with Gasteiger partial charge in [-0.1, -0.05) is 32.0 Å². The molecule has 2 heterocycles. The molecule has 0 bridgehead atoms. The fourth-order valence-corrected chi connectivity index (χ4v) is 4.26. The van der Waals surface area contributed by atoms with E-state index in [0.29, 0.717) is 66.1 Å². The standard InChI is InChI=1S/C26H33N5O5/c1-16(2)17-8-6-7-9-20(17)36-25(35-5)24(32)30-10-12-31(13-11-30)26-28-19-15-22(34-4)21(33-3)14-18(19)23(27)29-26/h6-9,14-16,25H,10-13H2,1-5H3,(H2,27,28,29). The molecule has 1 aromatic heterocycles. The van der Waals surface area contributed by atoms with Gasteiger partial charge in [0.05, 0.1) is 19.7 Å². The number of benzene rings is 2. The van der Waals surface area contributed by atoms with E-state index in [4.69, 9.17) is 29.7 Å². The van der Waals surface area contributed by atoms with Crippen molar-refractivity contribution in [3.8, 4) is 17.2 Å². The number of anilines is 2. The van der Waals surface area contributed by atoms with Crippen molar-refractivity contribution in [2.24, 2.45) is 0 Å². The summed E-state index contributed by atoms with van der Waals surface area (Å²) in [6, 6.07) is 11.3. The number of carbonyl (C=O) groups is 1. The number of hydrogen-bond acceptors (Lipinski definition) is 9. The average molecular weight is 496 g/mol. The van der Waals surface area contributed by atoms with E-state index < -0.39 is 6.29 Å². The summed E-state index contributed by atoms with van der Waals surface area (Å²) in [7, 11) is 4.62. The molecule has 0 aliphatic carbocycles. The van der Waals surface area contributed by atoms with Gasteiger partial charge in [-0.05, 0) is 23.6 Å². The number of rotatable bonds is 8. The van der Waals surface area contributed by atoms with Crippen LogP contribution in [0.15, 0.2) is 36.4 Å². The first-order chi connectivity index (χ1) is 17.4. The van der Waals surface area contributed by atoms with Crippen LogP contribution in [0.3, 0.4) is 0 Å². The van der Waals surface area contributed by atoms with Crippen LogP contribution in [-0.2, 0) is 9.53 Å². The molecule has 192 valence electrons. The number of nitrogen functional groups attached to an aromatic ring is 1. The highest BCUT2D eigenvalue weighted by atomic mass is 16.7. The van der Waals surface area contributed by atoms with Crippen LogP contribution in [0.25, 0.3) is 10.9 Å². The fraction of sp³-hybridized carbons (Fsp3) is 0.423. The van der Waals surface area contributed by atoms with E-state index in [1.807, 2.05) is 29.2 Å². The second kappa shape index (κ2) is 10.9. The number of methoxy groups -OCH3 is 3. The summed E-state index contributed by atoms with van der Waals surface area (Å²) in [4.78, 5) is 26.1. The molecule has 3 aromatic rings. The lowest BCUT2D eigenvalue weighted by atomic mass is 10.0. The maximum absolute atomic E-state index is 13.2. The molecule has 2 aromatic carbocycles. The van der Waals surface area contributed by atoms with Gasteiger partial charge in [0.2, 0.25) is 5.95 Å². The van der Waals surface area contributed by atoms with Crippen LogP contribution < -0.4 is 24.8 Å². The molecule has 36 heavy (non-hydrogen) atoms. The lowest BCUT2D eigenvalue weighted by molar-refractivity contribution is -0.159. The molecule has 2 N–H and O–H groups in total. The fourth-order valence-electron chi connectivity index (χ4n) is 4.26. The zero-order valence-corrected chi connectivity index (χ0v) is 21.4. The van der Waals surface area contributed by atoms with E-state index in [-0.39, 0.29) is 11.8 Å². The van der Waals surface area contributed by atoms with Gasteiger partial charge in [0.15, 0.2) is 11.5 Å². The minimum absolute atomic E-state index is 0.216. The molecule has 0 spiro atoms. The van der Waals surface area contributed by atoms with Crippen molar-refractivity contribution in [1.82, 2.24) is 14.9 Å². The largest absolute Gasteiger partial charge is 0.493 e. The summed E-state index contributed by atoms with van der Waals surface area (Å²) in [6.45, 7) is 6.20. The molecule has 1 amide bonds. The van der Waals surface area contributed by atoms with E-state index in [9.17, 15) is 4.79 Å².